The van der Waals surface area contributed by atoms with E-state index in [1.165, 1.54) is 334 Å². The van der Waals surface area contributed by atoms with E-state index in [4.69, 9.17) is 0 Å². The van der Waals surface area contributed by atoms with Crippen molar-refractivity contribution in [2.45, 2.75) is 355 Å². The SMILES string of the molecule is CCCCCCCCCCCCCCCCCCCn1cc[n+](CCCCCCCCCCCCCCCCCCC)c1CCCCCCCCCCCCCCCCC. The second-order valence-corrected chi connectivity index (χ2v) is 20.1. The smallest absolute Gasteiger partial charge is 0.234 e. The molecule has 0 radical (unpaired) electrons. The molecule has 1 heterocycles. The Morgan fingerprint density at radius 2 is 0.517 bits per heavy atom. The first-order valence-corrected chi connectivity index (χ1v) is 28.9. The van der Waals surface area contributed by atoms with Gasteiger partial charge in [0.1, 0.15) is 12.4 Å². The van der Waals surface area contributed by atoms with Gasteiger partial charge in [0.05, 0.1) is 13.1 Å². The summed E-state index contributed by atoms with van der Waals surface area (Å²) in [6.45, 7) is 9.42. The largest absolute Gasteiger partial charge is 0.256 e. The van der Waals surface area contributed by atoms with Crippen molar-refractivity contribution in [1.82, 2.24) is 4.57 Å². The Hall–Kier alpha value is -0.790. The van der Waals surface area contributed by atoms with Crippen LogP contribution in [0.3, 0.4) is 0 Å². The summed E-state index contributed by atoms with van der Waals surface area (Å²) in [5.41, 5.74) is 0. The summed E-state index contributed by atoms with van der Waals surface area (Å²) < 4.78 is 5.34. The molecule has 2 heteroatoms. The van der Waals surface area contributed by atoms with Crippen LogP contribution in [0.1, 0.15) is 341 Å². The Bertz CT molecular complexity index is 862. The Morgan fingerprint density at radius 1 is 0.283 bits per heavy atom. The molecule has 0 fully saturated rings. The number of hydrogen-bond acceptors (Lipinski definition) is 0. The van der Waals surface area contributed by atoms with E-state index in [0.717, 1.165) is 0 Å². The lowest BCUT2D eigenvalue weighted by atomic mass is 10.0. The Morgan fingerprint density at radius 3 is 0.800 bits per heavy atom. The summed E-state index contributed by atoms with van der Waals surface area (Å²) in [7, 11) is 0. The molecule has 1 rings (SSSR count). The second kappa shape index (κ2) is 49.2. The van der Waals surface area contributed by atoms with Gasteiger partial charge >= 0.3 is 0 Å². The summed E-state index contributed by atoms with van der Waals surface area (Å²) in [6.07, 6.45) is 77.3. The lowest BCUT2D eigenvalue weighted by Crippen LogP contribution is -2.37. The van der Waals surface area contributed by atoms with Gasteiger partial charge in [0.15, 0.2) is 0 Å². The number of hydrogen-bond donors (Lipinski definition) is 0. The van der Waals surface area contributed by atoms with Gasteiger partial charge < -0.3 is 0 Å². The Balaban J connectivity index is 2.23. The molecule has 0 aromatic carbocycles. The summed E-state index contributed by atoms with van der Waals surface area (Å²) in [6, 6.07) is 0. The van der Waals surface area contributed by atoms with Gasteiger partial charge in [0, 0.05) is 6.42 Å². The van der Waals surface area contributed by atoms with Crippen LogP contribution in [-0.2, 0) is 19.5 Å². The molecule has 0 atom stereocenters. The number of imidazole rings is 1. The lowest BCUT2D eigenvalue weighted by Gasteiger charge is -2.07. The molecule has 0 unspecified atom stereocenters. The fourth-order valence-electron chi connectivity index (χ4n) is 9.86. The molecule has 0 N–H and O–H groups in total. The molecular formula is C58H115N2+. The fourth-order valence-corrected chi connectivity index (χ4v) is 9.86. The predicted molar refractivity (Wildman–Crippen MR) is 272 cm³/mol. The van der Waals surface area contributed by atoms with Crippen LogP contribution in [0.4, 0.5) is 0 Å². The molecule has 0 spiro atoms. The van der Waals surface area contributed by atoms with Gasteiger partial charge in [-0.3, -0.25) is 0 Å². The highest BCUT2D eigenvalue weighted by Gasteiger charge is 2.16. The Labute approximate surface area is 380 Å². The minimum Gasteiger partial charge on any atom is -0.234 e. The number of aromatic nitrogens is 2. The van der Waals surface area contributed by atoms with Crippen molar-refractivity contribution in [3.63, 3.8) is 0 Å². The summed E-state index contributed by atoms with van der Waals surface area (Å²) in [5.74, 6) is 1.64. The van der Waals surface area contributed by atoms with Crippen molar-refractivity contribution in [2.24, 2.45) is 0 Å². The van der Waals surface area contributed by atoms with Crippen LogP contribution in [-0.4, -0.2) is 4.57 Å². The molecule has 0 aliphatic rings. The van der Waals surface area contributed by atoms with E-state index in [2.05, 4.69) is 42.3 Å². The topological polar surface area (TPSA) is 8.81 Å². The molecular weight excluding hydrogens is 725 g/mol. The molecule has 0 saturated carbocycles. The monoisotopic (exact) mass is 840 g/mol. The van der Waals surface area contributed by atoms with Crippen molar-refractivity contribution in [3.8, 4) is 0 Å². The highest BCUT2D eigenvalue weighted by Crippen LogP contribution is 2.18. The third-order valence-electron chi connectivity index (χ3n) is 14.1. The van der Waals surface area contributed by atoms with Crippen LogP contribution in [0.2, 0.25) is 0 Å². The highest BCUT2D eigenvalue weighted by atomic mass is 15.1. The third-order valence-corrected chi connectivity index (χ3v) is 14.1. The molecule has 0 aliphatic heterocycles. The van der Waals surface area contributed by atoms with E-state index >= 15 is 0 Å². The summed E-state index contributed by atoms with van der Waals surface area (Å²) in [4.78, 5) is 0. The van der Waals surface area contributed by atoms with Crippen LogP contribution in [0.5, 0.6) is 0 Å². The lowest BCUT2D eigenvalue weighted by molar-refractivity contribution is -0.704. The quantitative estimate of drug-likeness (QED) is 0.0456. The molecule has 60 heavy (non-hydrogen) atoms. The van der Waals surface area contributed by atoms with Crippen molar-refractivity contribution < 1.29 is 4.57 Å². The predicted octanol–water partition coefficient (Wildman–Crippen LogP) is 20.5. The van der Waals surface area contributed by atoms with Crippen LogP contribution >= 0.6 is 0 Å². The molecule has 0 aliphatic carbocycles. The number of unbranched alkanes of at least 4 members (excludes halogenated alkanes) is 46. The minimum absolute atomic E-state index is 1.23. The van der Waals surface area contributed by atoms with Crippen LogP contribution in [0, 0.1) is 0 Å². The highest BCUT2D eigenvalue weighted by molar-refractivity contribution is 4.84. The zero-order valence-corrected chi connectivity index (χ0v) is 42.3. The average molecular weight is 841 g/mol. The van der Waals surface area contributed by atoms with Crippen LogP contribution in [0.15, 0.2) is 12.4 Å². The van der Waals surface area contributed by atoms with Crippen LogP contribution in [0.25, 0.3) is 0 Å². The van der Waals surface area contributed by atoms with Gasteiger partial charge in [-0.1, -0.05) is 303 Å². The number of aryl methyl sites for hydroxylation is 2. The van der Waals surface area contributed by atoms with Gasteiger partial charge in [-0.15, -0.1) is 0 Å². The first kappa shape index (κ1) is 57.2. The van der Waals surface area contributed by atoms with Crippen molar-refractivity contribution >= 4 is 0 Å². The zero-order valence-electron chi connectivity index (χ0n) is 42.3. The molecule has 356 valence electrons. The first-order chi connectivity index (χ1) is 29.8. The van der Waals surface area contributed by atoms with Gasteiger partial charge in [-0.05, 0) is 32.1 Å². The number of rotatable bonds is 52. The maximum absolute atomic E-state index is 2.67. The maximum Gasteiger partial charge on any atom is 0.256 e. The van der Waals surface area contributed by atoms with Gasteiger partial charge in [0.2, 0.25) is 0 Å². The van der Waals surface area contributed by atoms with E-state index < -0.39 is 0 Å². The van der Waals surface area contributed by atoms with Gasteiger partial charge in [-0.2, -0.15) is 0 Å². The molecule has 0 saturated heterocycles. The van der Waals surface area contributed by atoms with Crippen molar-refractivity contribution in [1.29, 1.82) is 0 Å². The van der Waals surface area contributed by atoms with Crippen molar-refractivity contribution in [2.75, 3.05) is 0 Å². The van der Waals surface area contributed by atoms with E-state index in [-0.39, 0.29) is 0 Å². The van der Waals surface area contributed by atoms with E-state index in [9.17, 15) is 0 Å². The normalized spacial score (nSPS) is 11.7. The van der Waals surface area contributed by atoms with Crippen LogP contribution < -0.4 is 4.57 Å². The fraction of sp³-hybridized carbons (Fsp3) is 0.948. The molecule has 0 amide bonds. The maximum atomic E-state index is 2.67. The minimum atomic E-state index is 1.23. The van der Waals surface area contributed by atoms with Gasteiger partial charge in [-0.25, -0.2) is 9.13 Å². The van der Waals surface area contributed by atoms with Crippen molar-refractivity contribution in [3.05, 3.63) is 18.2 Å². The average Bonchev–Trinajstić information content (AvgIpc) is 3.64. The van der Waals surface area contributed by atoms with E-state index in [0.29, 0.717) is 0 Å². The molecule has 0 bridgehead atoms. The summed E-state index contributed by atoms with van der Waals surface area (Å²) in [5, 5.41) is 0. The van der Waals surface area contributed by atoms with E-state index in [1.807, 2.05) is 0 Å². The molecule has 1 aromatic heterocycles. The zero-order chi connectivity index (χ0) is 42.9. The van der Waals surface area contributed by atoms with E-state index in [1.54, 1.807) is 5.82 Å². The standard InChI is InChI=1S/C58H115N2/c1-4-7-10-13-16-19-22-25-28-30-33-36-39-42-45-48-51-54-59-56-57-60(55-52-49-46-43-40-37-34-31-29-26-23-20-17-14-11-8-5-2)58(59)53-50-47-44-41-38-35-32-27-24-21-18-15-12-9-6-3/h56-57H,4-55H2,1-3H3/q+1. The Kier molecular flexibility index (Phi) is 47.0. The third kappa shape index (κ3) is 40.0. The molecule has 2 nitrogen and oxygen atoms in total. The first-order valence-electron chi connectivity index (χ1n) is 28.9. The number of nitrogens with zero attached hydrogens (tertiary/aromatic N) is 2. The van der Waals surface area contributed by atoms with Gasteiger partial charge in [0.25, 0.3) is 5.82 Å². The molecule has 1 aromatic rings. The second-order valence-electron chi connectivity index (χ2n) is 20.1. The summed E-state index contributed by atoms with van der Waals surface area (Å²) >= 11 is 0.